The summed E-state index contributed by atoms with van der Waals surface area (Å²) in [5.74, 6) is 0.892. The quantitative estimate of drug-likeness (QED) is 0.905. The third-order valence-electron chi connectivity index (χ3n) is 4.58. The molecule has 0 aliphatic carbocycles. The van der Waals surface area contributed by atoms with Crippen LogP contribution in [0.3, 0.4) is 0 Å². The molecule has 1 aliphatic rings. The van der Waals surface area contributed by atoms with Gasteiger partial charge in [0.05, 0.1) is 13.2 Å². The van der Waals surface area contributed by atoms with Gasteiger partial charge in [0.1, 0.15) is 5.75 Å². The summed E-state index contributed by atoms with van der Waals surface area (Å²) in [6.07, 6.45) is 1.14. The molecule has 0 saturated carbocycles. The van der Waals surface area contributed by atoms with Crippen molar-refractivity contribution in [3.8, 4) is 5.75 Å². The zero-order valence-electron chi connectivity index (χ0n) is 14.4. The highest BCUT2D eigenvalue weighted by molar-refractivity contribution is 6.30. The number of nitrogens with zero attached hydrogens (tertiary/aromatic N) is 1. The van der Waals surface area contributed by atoms with Gasteiger partial charge in [-0.3, -0.25) is 4.90 Å². The number of halogens is 1. The van der Waals surface area contributed by atoms with Gasteiger partial charge in [-0.05, 0) is 43.7 Å². The number of ether oxygens (including phenoxy) is 1. The van der Waals surface area contributed by atoms with Gasteiger partial charge in [0.15, 0.2) is 0 Å². The number of methoxy groups -OCH3 is 1. The lowest BCUT2D eigenvalue weighted by atomic mass is 9.94. The second kappa shape index (κ2) is 8.02. The molecule has 3 rings (SSSR count). The minimum atomic E-state index is 0.151. The van der Waals surface area contributed by atoms with Crippen molar-refractivity contribution in [2.75, 3.05) is 33.3 Å². The van der Waals surface area contributed by atoms with E-state index in [-0.39, 0.29) is 6.04 Å². The number of aryl methyl sites for hydroxylation is 1. The highest BCUT2D eigenvalue weighted by Crippen LogP contribution is 2.36. The molecule has 1 fully saturated rings. The molecule has 24 heavy (non-hydrogen) atoms. The number of hydrogen-bond donors (Lipinski definition) is 1. The van der Waals surface area contributed by atoms with Crippen molar-refractivity contribution in [3.05, 3.63) is 64.2 Å². The predicted octanol–water partition coefficient (Wildman–Crippen LogP) is 4.04. The molecule has 2 aromatic rings. The highest BCUT2D eigenvalue weighted by atomic mass is 35.5. The van der Waals surface area contributed by atoms with Crippen LogP contribution in [0.2, 0.25) is 5.02 Å². The summed E-state index contributed by atoms with van der Waals surface area (Å²) in [7, 11) is 1.73. The molecule has 0 spiro atoms. The summed E-state index contributed by atoms with van der Waals surface area (Å²) < 4.78 is 5.65. The van der Waals surface area contributed by atoms with Crippen molar-refractivity contribution in [2.45, 2.75) is 19.4 Å². The first-order chi connectivity index (χ1) is 11.7. The molecule has 0 radical (unpaired) electrons. The highest BCUT2D eigenvalue weighted by Gasteiger charge is 2.26. The van der Waals surface area contributed by atoms with Gasteiger partial charge in [0.2, 0.25) is 0 Å². The van der Waals surface area contributed by atoms with E-state index >= 15 is 0 Å². The fourth-order valence-electron chi connectivity index (χ4n) is 3.47. The third kappa shape index (κ3) is 3.92. The molecule has 4 heteroatoms. The number of rotatable bonds is 4. The Hall–Kier alpha value is -1.55. The van der Waals surface area contributed by atoms with Crippen LogP contribution < -0.4 is 10.1 Å². The summed E-state index contributed by atoms with van der Waals surface area (Å²) in [5, 5.41) is 4.23. The predicted molar refractivity (Wildman–Crippen MR) is 100 cm³/mol. The van der Waals surface area contributed by atoms with Crippen LogP contribution in [0.5, 0.6) is 5.75 Å². The Bertz CT molecular complexity index is 681. The van der Waals surface area contributed by atoms with Crippen LogP contribution in [0, 0.1) is 6.92 Å². The van der Waals surface area contributed by atoms with Crippen LogP contribution in [0.15, 0.2) is 42.5 Å². The maximum absolute atomic E-state index is 6.32. The first-order valence-corrected chi connectivity index (χ1v) is 8.91. The minimum absolute atomic E-state index is 0.151. The van der Waals surface area contributed by atoms with E-state index in [4.69, 9.17) is 16.3 Å². The van der Waals surface area contributed by atoms with Gasteiger partial charge >= 0.3 is 0 Å². The average molecular weight is 345 g/mol. The lowest BCUT2D eigenvalue weighted by Crippen LogP contribution is -2.33. The van der Waals surface area contributed by atoms with E-state index in [1.807, 2.05) is 18.2 Å². The summed E-state index contributed by atoms with van der Waals surface area (Å²) >= 11 is 6.32. The van der Waals surface area contributed by atoms with Crippen molar-refractivity contribution >= 4 is 11.6 Å². The monoisotopic (exact) mass is 344 g/mol. The van der Waals surface area contributed by atoms with Gasteiger partial charge in [-0.2, -0.15) is 0 Å². The van der Waals surface area contributed by atoms with E-state index in [2.05, 4.69) is 41.4 Å². The van der Waals surface area contributed by atoms with Gasteiger partial charge in [-0.25, -0.2) is 0 Å². The molecule has 0 aromatic heterocycles. The van der Waals surface area contributed by atoms with E-state index in [0.29, 0.717) is 0 Å². The van der Waals surface area contributed by atoms with E-state index in [1.165, 1.54) is 11.1 Å². The molecule has 0 amide bonds. The van der Waals surface area contributed by atoms with Crippen LogP contribution in [0.4, 0.5) is 0 Å². The van der Waals surface area contributed by atoms with Gasteiger partial charge < -0.3 is 10.1 Å². The van der Waals surface area contributed by atoms with Crippen molar-refractivity contribution in [2.24, 2.45) is 0 Å². The standard InChI is InChI=1S/C20H25ClN2O/c1-15-5-3-6-16(13-15)20(23-11-4-9-22-10-12-23)18-14-17(21)7-8-19(18)24-2/h3,5-8,13-14,20,22H,4,9-12H2,1-2H3. The fraction of sp³-hybridized carbons (Fsp3) is 0.400. The molecule has 3 nitrogen and oxygen atoms in total. The Morgan fingerprint density at radius 1 is 1.12 bits per heavy atom. The Labute approximate surface area is 149 Å². The maximum Gasteiger partial charge on any atom is 0.124 e. The Balaban J connectivity index is 2.09. The first kappa shape index (κ1) is 17.3. The van der Waals surface area contributed by atoms with Crippen molar-refractivity contribution in [1.29, 1.82) is 0 Å². The van der Waals surface area contributed by atoms with E-state index in [0.717, 1.165) is 48.9 Å². The Kier molecular flexibility index (Phi) is 5.77. The maximum atomic E-state index is 6.32. The summed E-state index contributed by atoms with van der Waals surface area (Å²) in [4.78, 5) is 2.53. The number of hydrogen-bond acceptors (Lipinski definition) is 3. The van der Waals surface area contributed by atoms with Gasteiger partial charge in [0.25, 0.3) is 0 Å². The van der Waals surface area contributed by atoms with Crippen LogP contribution in [0.1, 0.15) is 29.2 Å². The molecular weight excluding hydrogens is 320 g/mol. The molecule has 1 saturated heterocycles. The third-order valence-corrected chi connectivity index (χ3v) is 4.82. The molecule has 1 aliphatic heterocycles. The van der Waals surface area contributed by atoms with Crippen LogP contribution in [0.25, 0.3) is 0 Å². The molecule has 1 unspecified atom stereocenters. The molecule has 1 heterocycles. The summed E-state index contributed by atoms with van der Waals surface area (Å²) in [6, 6.07) is 14.8. The lowest BCUT2D eigenvalue weighted by Gasteiger charge is -2.32. The molecule has 2 aromatic carbocycles. The lowest BCUT2D eigenvalue weighted by molar-refractivity contribution is 0.236. The molecule has 128 valence electrons. The Morgan fingerprint density at radius 2 is 2.00 bits per heavy atom. The molecule has 1 N–H and O–H groups in total. The molecule has 1 atom stereocenters. The zero-order valence-corrected chi connectivity index (χ0v) is 15.1. The topological polar surface area (TPSA) is 24.5 Å². The SMILES string of the molecule is COc1ccc(Cl)cc1C(c1cccc(C)c1)N1CCCNCC1. The Morgan fingerprint density at radius 3 is 2.79 bits per heavy atom. The largest absolute Gasteiger partial charge is 0.496 e. The fourth-order valence-corrected chi connectivity index (χ4v) is 3.65. The first-order valence-electron chi connectivity index (χ1n) is 8.54. The molecular formula is C20H25ClN2O. The van der Waals surface area contributed by atoms with Gasteiger partial charge in [0, 0.05) is 30.2 Å². The van der Waals surface area contributed by atoms with E-state index in [9.17, 15) is 0 Å². The smallest absolute Gasteiger partial charge is 0.124 e. The average Bonchev–Trinajstić information content (AvgIpc) is 2.85. The second-order valence-electron chi connectivity index (χ2n) is 6.34. The van der Waals surface area contributed by atoms with Gasteiger partial charge in [-0.15, -0.1) is 0 Å². The van der Waals surface area contributed by atoms with E-state index in [1.54, 1.807) is 7.11 Å². The number of nitrogens with one attached hydrogen (secondary N) is 1. The van der Waals surface area contributed by atoms with Crippen molar-refractivity contribution < 1.29 is 4.74 Å². The van der Waals surface area contributed by atoms with Gasteiger partial charge in [-0.1, -0.05) is 41.4 Å². The van der Waals surface area contributed by atoms with Crippen LogP contribution in [-0.2, 0) is 0 Å². The van der Waals surface area contributed by atoms with Crippen LogP contribution >= 0.6 is 11.6 Å². The van der Waals surface area contributed by atoms with E-state index < -0.39 is 0 Å². The zero-order chi connectivity index (χ0) is 16.9. The number of benzene rings is 2. The van der Waals surface area contributed by atoms with Crippen LogP contribution in [-0.4, -0.2) is 38.2 Å². The van der Waals surface area contributed by atoms with Crippen molar-refractivity contribution in [3.63, 3.8) is 0 Å². The second-order valence-corrected chi connectivity index (χ2v) is 6.78. The summed E-state index contributed by atoms with van der Waals surface area (Å²) in [5.41, 5.74) is 3.70. The normalized spacial score (nSPS) is 17.3. The summed E-state index contributed by atoms with van der Waals surface area (Å²) in [6.45, 7) is 6.28. The van der Waals surface area contributed by atoms with Crippen molar-refractivity contribution in [1.82, 2.24) is 10.2 Å². The minimum Gasteiger partial charge on any atom is -0.496 e. The molecule has 0 bridgehead atoms.